The number of methoxy groups -OCH3 is 1. The van der Waals surface area contributed by atoms with E-state index in [0.717, 1.165) is 19.4 Å². The third kappa shape index (κ3) is 3.98. The molecule has 1 aliphatic rings. The summed E-state index contributed by atoms with van der Waals surface area (Å²) in [6, 6.07) is -0.394. The number of H-pyrrole nitrogens is 1. The van der Waals surface area contributed by atoms with E-state index in [2.05, 4.69) is 4.98 Å². The van der Waals surface area contributed by atoms with Crippen molar-refractivity contribution in [1.29, 1.82) is 0 Å². The summed E-state index contributed by atoms with van der Waals surface area (Å²) >= 11 is 0. The highest BCUT2D eigenvalue weighted by molar-refractivity contribution is 6.03. The fraction of sp³-hybridized carbons (Fsp3) is 0.632. The van der Waals surface area contributed by atoms with E-state index in [0.29, 0.717) is 35.7 Å². The first-order chi connectivity index (χ1) is 12.3. The lowest BCUT2D eigenvalue weighted by Gasteiger charge is -2.35. The Labute approximate surface area is 154 Å². The number of aryl methyl sites for hydroxylation is 1. The van der Waals surface area contributed by atoms with Gasteiger partial charge in [-0.05, 0) is 52.6 Å². The second kappa shape index (κ2) is 8.49. The van der Waals surface area contributed by atoms with Crippen LogP contribution < -0.4 is 0 Å². The molecule has 0 amide bonds. The summed E-state index contributed by atoms with van der Waals surface area (Å²) in [6.07, 6.45) is 1.63. The molecule has 2 atom stereocenters. The molecule has 7 heteroatoms. The number of hydrogen-bond acceptors (Lipinski definition) is 6. The maximum atomic E-state index is 13.0. The van der Waals surface area contributed by atoms with Crippen LogP contribution in [0.3, 0.4) is 0 Å². The zero-order valence-corrected chi connectivity index (χ0v) is 16.2. The van der Waals surface area contributed by atoms with E-state index in [1.165, 1.54) is 7.11 Å². The number of esters is 2. The van der Waals surface area contributed by atoms with Crippen molar-refractivity contribution in [2.24, 2.45) is 5.92 Å². The number of Topliss-reactive ketones (excluding diaryl/α,β-unsaturated/α-hetero) is 1. The molecule has 1 aromatic heterocycles. The summed E-state index contributed by atoms with van der Waals surface area (Å²) in [5, 5.41) is 0. The van der Waals surface area contributed by atoms with Gasteiger partial charge in [-0.25, -0.2) is 4.79 Å². The molecule has 2 rings (SSSR count). The Morgan fingerprint density at radius 1 is 1.31 bits per heavy atom. The summed E-state index contributed by atoms with van der Waals surface area (Å²) in [4.78, 5) is 42.0. The van der Waals surface area contributed by atoms with Crippen LogP contribution in [0.25, 0.3) is 0 Å². The first-order valence-corrected chi connectivity index (χ1v) is 9.04. The third-order valence-electron chi connectivity index (χ3n) is 5.07. The number of nitrogens with zero attached hydrogens (tertiary/aromatic N) is 1. The van der Waals surface area contributed by atoms with Crippen LogP contribution in [-0.2, 0) is 14.3 Å². The number of ketones is 1. The maximum Gasteiger partial charge on any atom is 0.339 e. The number of likely N-dealkylation sites (tertiary alicyclic amines) is 1. The molecule has 0 saturated carbocycles. The molecule has 0 aliphatic carbocycles. The second-order valence-electron chi connectivity index (χ2n) is 6.74. The zero-order chi connectivity index (χ0) is 19.4. The lowest BCUT2D eigenvalue weighted by Crippen LogP contribution is -2.47. The van der Waals surface area contributed by atoms with Crippen molar-refractivity contribution in [3.8, 4) is 0 Å². The van der Waals surface area contributed by atoms with Gasteiger partial charge in [0.25, 0.3) is 0 Å². The molecule has 1 saturated heterocycles. The van der Waals surface area contributed by atoms with Crippen LogP contribution >= 0.6 is 0 Å². The minimum absolute atomic E-state index is 0.0924. The average molecular weight is 364 g/mol. The molecule has 2 heterocycles. The average Bonchev–Trinajstić information content (AvgIpc) is 2.94. The summed E-state index contributed by atoms with van der Waals surface area (Å²) in [6.45, 7) is 8.75. The van der Waals surface area contributed by atoms with Crippen molar-refractivity contribution in [3.63, 3.8) is 0 Å². The van der Waals surface area contributed by atoms with Crippen molar-refractivity contribution >= 4 is 17.7 Å². The lowest BCUT2D eigenvalue weighted by atomic mass is 9.95. The number of nitrogens with one attached hydrogen (secondary N) is 1. The van der Waals surface area contributed by atoms with E-state index in [1.807, 2.05) is 11.8 Å². The van der Waals surface area contributed by atoms with Gasteiger partial charge in [-0.2, -0.15) is 0 Å². The largest absolute Gasteiger partial charge is 0.466 e. The van der Waals surface area contributed by atoms with Crippen LogP contribution in [0.2, 0.25) is 0 Å². The molecule has 0 bridgehead atoms. The SMILES string of the molecule is CCOC(=O)[C@H]1CCCN([C@@H](C)C(=O)c2[nH]c(C)c(C(=O)OC)c2C)C1. The Morgan fingerprint density at radius 3 is 2.62 bits per heavy atom. The van der Waals surface area contributed by atoms with Gasteiger partial charge in [-0.15, -0.1) is 0 Å². The zero-order valence-electron chi connectivity index (χ0n) is 16.2. The summed E-state index contributed by atoms with van der Waals surface area (Å²) in [7, 11) is 1.32. The topological polar surface area (TPSA) is 88.7 Å². The van der Waals surface area contributed by atoms with Gasteiger partial charge in [-0.3, -0.25) is 14.5 Å². The van der Waals surface area contributed by atoms with Crippen molar-refractivity contribution < 1.29 is 23.9 Å². The molecular formula is C19H28N2O5. The first kappa shape index (κ1) is 20.2. The fourth-order valence-corrected chi connectivity index (χ4v) is 3.59. The third-order valence-corrected chi connectivity index (χ3v) is 5.07. The molecule has 26 heavy (non-hydrogen) atoms. The van der Waals surface area contributed by atoms with Gasteiger partial charge in [0.05, 0.1) is 36.9 Å². The number of carbonyl (C=O) groups excluding carboxylic acids is 3. The van der Waals surface area contributed by atoms with Gasteiger partial charge in [0.2, 0.25) is 0 Å². The first-order valence-electron chi connectivity index (χ1n) is 9.04. The van der Waals surface area contributed by atoms with E-state index in [9.17, 15) is 14.4 Å². The minimum atomic E-state index is -0.455. The fourth-order valence-electron chi connectivity index (χ4n) is 3.59. The summed E-state index contributed by atoms with van der Waals surface area (Å²) in [5.74, 6) is -0.943. The number of piperidine rings is 1. The molecule has 0 aromatic carbocycles. The molecule has 7 nitrogen and oxygen atoms in total. The van der Waals surface area contributed by atoms with E-state index in [-0.39, 0.29) is 17.7 Å². The quantitative estimate of drug-likeness (QED) is 0.615. The molecule has 1 N–H and O–H groups in total. The lowest BCUT2D eigenvalue weighted by molar-refractivity contribution is -0.150. The minimum Gasteiger partial charge on any atom is -0.466 e. The Hall–Kier alpha value is -2.15. The number of aromatic amines is 1. The van der Waals surface area contributed by atoms with Gasteiger partial charge in [0.1, 0.15) is 0 Å². The maximum absolute atomic E-state index is 13.0. The van der Waals surface area contributed by atoms with E-state index in [4.69, 9.17) is 9.47 Å². The van der Waals surface area contributed by atoms with Crippen molar-refractivity contribution in [2.45, 2.75) is 46.6 Å². The molecule has 1 aromatic rings. The predicted octanol–water partition coefficient (Wildman–Crippen LogP) is 2.26. The van der Waals surface area contributed by atoms with Crippen molar-refractivity contribution in [3.05, 3.63) is 22.5 Å². The Balaban J connectivity index is 2.17. The summed E-state index contributed by atoms with van der Waals surface area (Å²) < 4.78 is 9.92. The molecule has 144 valence electrons. The Morgan fingerprint density at radius 2 is 2.00 bits per heavy atom. The van der Waals surface area contributed by atoms with E-state index < -0.39 is 12.0 Å². The van der Waals surface area contributed by atoms with Gasteiger partial charge >= 0.3 is 11.9 Å². The van der Waals surface area contributed by atoms with Crippen LogP contribution in [0, 0.1) is 19.8 Å². The number of rotatable bonds is 6. The Bertz CT molecular complexity index is 694. The monoisotopic (exact) mass is 364 g/mol. The number of hydrogen-bond donors (Lipinski definition) is 1. The predicted molar refractivity (Wildman–Crippen MR) is 96.3 cm³/mol. The molecule has 0 spiro atoms. The van der Waals surface area contributed by atoms with Gasteiger partial charge in [-0.1, -0.05) is 0 Å². The van der Waals surface area contributed by atoms with Crippen LogP contribution in [0.4, 0.5) is 0 Å². The molecule has 1 aliphatic heterocycles. The highest BCUT2D eigenvalue weighted by Gasteiger charge is 2.33. The number of carbonyl (C=O) groups is 3. The van der Waals surface area contributed by atoms with Crippen molar-refractivity contribution in [2.75, 3.05) is 26.8 Å². The molecule has 0 unspecified atom stereocenters. The van der Waals surface area contributed by atoms with Crippen molar-refractivity contribution in [1.82, 2.24) is 9.88 Å². The van der Waals surface area contributed by atoms with Crippen LogP contribution in [0.15, 0.2) is 0 Å². The van der Waals surface area contributed by atoms with Crippen LogP contribution in [0.5, 0.6) is 0 Å². The highest BCUT2D eigenvalue weighted by Crippen LogP contribution is 2.24. The summed E-state index contributed by atoms with van der Waals surface area (Å²) in [5.41, 5.74) is 2.05. The van der Waals surface area contributed by atoms with Gasteiger partial charge < -0.3 is 14.5 Å². The molecular weight excluding hydrogens is 336 g/mol. The molecule has 1 fully saturated rings. The number of aromatic nitrogens is 1. The Kier molecular flexibility index (Phi) is 6.58. The van der Waals surface area contributed by atoms with Gasteiger partial charge in [0.15, 0.2) is 5.78 Å². The van der Waals surface area contributed by atoms with Crippen LogP contribution in [-0.4, -0.2) is 60.5 Å². The van der Waals surface area contributed by atoms with E-state index in [1.54, 1.807) is 20.8 Å². The van der Waals surface area contributed by atoms with Crippen LogP contribution in [0.1, 0.15) is 58.8 Å². The molecule has 0 radical (unpaired) electrons. The normalized spacial score (nSPS) is 19.0. The standard InChI is InChI=1S/C19H28N2O5/c1-6-26-18(23)14-8-7-9-21(10-14)13(4)17(22)16-11(2)15(12(3)20-16)19(24)25-5/h13-14,20H,6-10H2,1-5H3/t13-,14-/m0/s1. The highest BCUT2D eigenvalue weighted by atomic mass is 16.5. The second-order valence-corrected chi connectivity index (χ2v) is 6.74. The number of ether oxygens (including phenoxy) is 2. The van der Waals surface area contributed by atoms with E-state index >= 15 is 0 Å². The van der Waals surface area contributed by atoms with Gasteiger partial charge in [0, 0.05) is 12.2 Å². The smallest absolute Gasteiger partial charge is 0.339 e.